The third-order valence-corrected chi connectivity index (χ3v) is 2.73. The fourth-order valence-corrected chi connectivity index (χ4v) is 1.80. The molecule has 0 atom stereocenters. The fraction of sp³-hybridized carbons (Fsp3) is 0.545. The Bertz CT molecular complexity index is 379. The van der Waals surface area contributed by atoms with Crippen LogP contribution >= 0.6 is 0 Å². The maximum Gasteiger partial charge on any atom is 0.409 e. The van der Waals surface area contributed by atoms with Gasteiger partial charge in [-0.15, -0.1) is 0 Å². The smallest absolute Gasteiger partial charge is 0.409 e. The van der Waals surface area contributed by atoms with Gasteiger partial charge in [-0.3, -0.25) is 4.98 Å². The molecular formula is C11H16N4O3. The topological polar surface area (TPSA) is 78.8 Å². The first kappa shape index (κ1) is 12.6. The second kappa shape index (κ2) is 6.15. The summed E-state index contributed by atoms with van der Waals surface area (Å²) in [4.78, 5) is 23.5. The summed E-state index contributed by atoms with van der Waals surface area (Å²) in [5, 5.41) is 8.59. The van der Waals surface area contributed by atoms with Crippen molar-refractivity contribution in [1.29, 1.82) is 0 Å². The molecule has 7 heteroatoms. The zero-order valence-electron chi connectivity index (χ0n) is 10.0. The lowest BCUT2D eigenvalue weighted by atomic mass is 10.3. The number of rotatable bonds is 3. The Balaban J connectivity index is 1.83. The van der Waals surface area contributed by atoms with Gasteiger partial charge in [0.05, 0.1) is 12.8 Å². The Morgan fingerprint density at radius 3 is 2.72 bits per heavy atom. The van der Waals surface area contributed by atoms with Crippen LogP contribution in [0.5, 0.6) is 0 Å². The first-order valence-electron chi connectivity index (χ1n) is 5.85. The van der Waals surface area contributed by atoms with E-state index in [9.17, 15) is 4.79 Å². The number of anilines is 1. The number of aliphatic hydroxyl groups is 1. The van der Waals surface area contributed by atoms with E-state index in [0.29, 0.717) is 26.2 Å². The lowest BCUT2D eigenvalue weighted by Gasteiger charge is -2.34. The molecule has 0 saturated carbocycles. The fourth-order valence-electron chi connectivity index (χ4n) is 1.80. The number of ether oxygens (including phenoxy) is 1. The molecule has 0 unspecified atom stereocenters. The Kier molecular flexibility index (Phi) is 4.30. The van der Waals surface area contributed by atoms with E-state index >= 15 is 0 Å². The summed E-state index contributed by atoms with van der Waals surface area (Å²) in [6.45, 7) is 2.47. The third kappa shape index (κ3) is 3.07. The van der Waals surface area contributed by atoms with Gasteiger partial charge in [0.1, 0.15) is 12.4 Å². The Morgan fingerprint density at radius 1 is 1.33 bits per heavy atom. The molecule has 2 heterocycles. The quantitative estimate of drug-likeness (QED) is 0.797. The second-order valence-electron chi connectivity index (χ2n) is 3.88. The van der Waals surface area contributed by atoms with E-state index in [2.05, 4.69) is 14.9 Å². The van der Waals surface area contributed by atoms with Gasteiger partial charge in [0.25, 0.3) is 0 Å². The molecule has 0 aromatic carbocycles. The first-order chi connectivity index (χ1) is 8.81. The van der Waals surface area contributed by atoms with Crippen molar-refractivity contribution < 1.29 is 14.6 Å². The van der Waals surface area contributed by atoms with Gasteiger partial charge in [0, 0.05) is 38.6 Å². The summed E-state index contributed by atoms with van der Waals surface area (Å²) >= 11 is 0. The highest BCUT2D eigenvalue weighted by molar-refractivity contribution is 5.68. The number of carbonyl (C=O) groups excluding carboxylic acids is 1. The van der Waals surface area contributed by atoms with Crippen molar-refractivity contribution in [1.82, 2.24) is 14.9 Å². The van der Waals surface area contributed by atoms with Gasteiger partial charge >= 0.3 is 6.09 Å². The van der Waals surface area contributed by atoms with E-state index in [1.165, 1.54) is 0 Å². The highest BCUT2D eigenvalue weighted by Gasteiger charge is 2.22. The Labute approximate surface area is 105 Å². The number of carbonyl (C=O) groups is 1. The van der Waals surface area contributed by atoms with Gasteiger partial charge in [-0.2, -0.15) is 0 Å². The summed E-state index contributed by atoms with van der Waals surface area (Å²) in [7, 11) is 0. The molecule has 18 heavy (non-hydrogen) atoms. The van der Waals surface area contributed by atoms with Gasteiger partial charge in [0.2, 0.25) is 0 Å². The van der Waals surface area contributed by atoms with Crippen LogP contribution in [0.15, 0.2) is 18.6 Å². The number of hydrogen-bond donors (Lipinski definition) is 1. The minimum atomic E-state index is -0.372. The van der Waals surface area contributed by atoms with E-state index < -0.39 is 0 Å². The molecule has 0 radical (unpaired) electrons. The number of aliphatic hydroxyl groups excluding tert-OH is 1. The van der Waals surface area contributed by atoms with E-state index in [0.717, 1.165) is 5.82 Å². The van der Waals surface area contributed by atoms with Gasteiger partial charge in [0.15, 0.2) is 0 Å². The molecule has 2 rings (SSSR count). The lowest BCUT2D eigenvalue weighted by Crippen LogP contribution is -2.49. The van der Waals surface area contributed by atoms with E-state index in [1.54, 1.807) is 23.5 Å². The van der Waals surface area contributed by atoms with Crippen molar-refractivity contribution in [3.05, 3.63) is 18.6 Å². The van der Waals surface area contributed by atoms with Crippen LogP contribution in [-0.2, 0) is 4.74 Å². The normalized spacial score (nSPS) is 15.6. The third-order valence-electron chi connectivity index (χ3n) is 2.73. The largest absolute Gasteiger partial charge is 0.447 e. The SMILES string of the molecule is O=C(OCCO)N1CCN(c2cnccn2)CC1. The maximum absolute atomic E-state index is 11.5. The summed E-state index contributed by atoms with van der Waals surface area (Å²) in [5.74, 6) is 0.820. The molecule has 1 aromatic rings. The van der Waals surface area contributed by atoms with Gasteiger partial charge in [-0.1, -0.05) is 0 Å². The van der Waals surface area contributed by atoms with Crippen LogP contribution in [0.4, 0.5) is 10.6 Å². The van der Waals surface area contributed by atoms with E-state index in [1.807, 2.05) is 0 Å². The van der Waals surface area contributed by atoms with Gasteiger partial charge in [-0.25, -0.2) is 9.78 Å². The zero-order chi connectivity index (χ0) is 12.8. The molecule has 1 aromatic heterocycles. The van der Waals surface area contributed by atoms with E-state index in [-0.39, 0.29) is 19.3 Å². The molecule has 1 aliphatic rings. The van der Waals surface area contributed by atoms with Crippen molar-refractivity contribution in [2.24, 2.45) is 0 Å². The molecule has 1 N–H and O–H groups in total. The molecule has 1 aliphatic heterocycles. The standard InChI is InChI=1S/C11H16N4O3/c16-7-8-18-11(17)15-5-3-14(4-6-15)10-9-12-1-2-13-10/h1-2,9,16H,3-8H2. The van der Waals surface area contributed by atoms with Gasteiger partial charge < -0.3 is 19.6 Å². The summed E-state index contributed by atoms with van der Waals surface area (Å²) in [6, 6.07) is 0. The van der Waals surface area contributed by atoms with Crippen LogP contribution in [0, 0.1) is 0 Å². The zero-order valence-corrected chi connectivity index (χ0v) is 10.0. The summed E-state index contributed by atoms with van der Waals surface area (Å²) in [5.41, 5.74) is 0. The highest BCUT2D eigenvalue weighted by atomic mass is 16.6. The molecule has 1 saturated heterocycles. The van der Waals surface area contributed by atoms with Crippen LogP contribution < -0.4 is 4.90 Å². The average molecular weight is 252 g/mol. The van der Waals surface area contributed by atoms with Crippen LogP contribution in [0.1, 0.15) is 0 Å². The summed E-state index contributed by atoms with van der Waals surface area (Å²) in [6.07, 6.45) is 4.62. The molecule has 0 aliphatic carbocycles. The predicted molar refractivity (Wildman–Crippen MR) is 64.3 cm³/mol. The molecular weight excluding hydrogens is 236 g/mol. The van der Waals surface area contributed by atoms with Crippen molar-refractivity contribution in [3.63, 3.8) is 0 Å². The van der Waals surface area contributed by atoms with E-state index in [4.69, 9.17) is 9.84 Å². The molecule has 7 nitrogen and oxygen atoms in total. The van der Waals surface area contributed by atoms with Crippen LogP contribution in [0.3, 0.4) is 0 Å². The monoisotopic (exact) mass is 252 g/mol. The summed E-state index contributed by atoms with van der Waals surface area (Å²) < 4.78 is 4.86. The van der Waals surface area contributed by atoms with Crippen molar-refractivity contribution in [2.45, 2.75) is 0 Å². The average Bonchev–Trinajstić information content (AvgIpc) is 2.46. The predicted octanol–water partition coefficient (Wildman–Crippen LogP) is -0.273. The number of amides is 1. The maximum atomic E-state index is 11.5. The van der Waals surface area contributed by atoms with Crippen LogP contribution in [0.2, 0.25) is 0 Å². The molecule has 0 spiro atoms. The number of piperazine rings is 1. The van der Waals surface area contributed by atoms with Crippen LogP contribution in [0.25, 0.3) is 0 Å². The van der Waals surface area contributed by atoms with Crippen LogP contribution in [-0.4, -0.2) is 65.5 Å². The Morgan fingerprint density at radius 2 is 2.11 bits per heavy atom. The molecule has 1 amide bonds. The minimum absolute atomic E-state index is 0.0448. The Hall–Kier alpha value is -1.89. The highest BCUT2D eigenvalue weighted by Crippen LogP contribution is 2.11. The minimum Gasteiger partial charge on any atom is -0.447 e. The molecule has 1 fully saturated rings. The van der Waals surface area contributed by atoms with Crippen molar-refractivity contribution in [2.75, 3.05) is 44.3 Å². The second-order valence-corrected chi connectivity index (χ2v) is 3.88. The number of hydrogen-bond acceptors (Lipinski definition) is 6. The number of aromatic nitrogens is 2. The van der Waals surface area contributed by atoms with Gasteiger partial charge in [-0.05, 0) is 0 Å². The molecule has 0 bridgehead atoms. The first-order valence-corrected chi connectivity index (χ1v) is 5.85. The van der Waals surface area contributed by atoms with Crippen molar-refractivity contribution in [3.8, 4) is 0 Å². The number of nitrogens with zero attached hydrogens (tertiary/aromatic N) is 4. The molecule has 98 valence electrons. The lowest BCUT2D eigenvalue weighted by molar-refractivity contribution is 0.0825. The van der Waals surface area contributed by atoms with Crippen molar-refractivity contribution >= 4 is 11.9 Å².